The lowest BCUT2D eigenvalue weighted by atomic mass is 10.1. The number of aliphatic hydroxyl groups is 1. The second kappa shape index (κ2) is 9.85. The molecule has 0 aliphatic rings. The Kier molecular flexibility index (Phi) is 7.73. The number of nitro benzene ring substituents is 1. The normalized spacial score (nSPS) is 12.4. The molecule has 0 amide bonds. The Bertz CT molecular complexity index is 1030. The number of carbonyl (C=O) groups is 1. The van der Waals surface area contributed by atoms with Crippen LogP contribution in [0.15, 0.2) is 47.4 Å². The van der Waals surface area contributed by atoms with Crippen molar-refractivity contribution >= 4 is 33.3 Å². The van der Waals surface area contributed by atoms with E-state index in [1.807, 2.05) is 0 Å². The molecule has 0 spiro atoms. The third kappa shape index (κ3) is 5.05. The lowest BCUT2D eigenvalue weighted by Crippen LogP contribution is -2.47. The quantitative estimate of drug-likeness (QED) is 0.342. The van der Waals surface area contributed by atoms with E-state index < -0.39 is 45.8 Å². The second-order valence-electron chi connectivity index (χ2n) is 5.98. The Morgan fingerprint density at radius 3 is 2.37 bits per heavy atom. The summed E-state index contributed by atoms with van der Waals surface area (Å²) in [5, 5.41) is 21.2. The largest absolute Gasteiger partial charge is 0.497 e. The topological polar surface area (TPSA) is 136 Å². The molecule has 1 atom stereocenters. The highest BCUT2D eigenvalue weighted by Crippen LogP contribution is 2.29. The van der Waals surface area contributed by atoms with Crippen LogP contribution in [0.3, 0.4) is 0 Å². The van der Waals surface area contributed by atoms with Crippen LogP contribution in [0, 0.1) is 10.1 Å². The van der Waals surface area contributed by atoms with Crippen molar-refractivity contribution in [1.29, 1.82) is 0 Å². The van der Waals surface area contributed by atoms with Gasteiger partial charge in [-0.1, -0.05) is 11.6 Å². The Hall–Kier alpha value is -2.73. The minimum absolute atomic E-state index is 0.0242. The van der Waals surface area contributed by atoms with Gasteiger partial charge in [0, 0.05) is 23.2 Å². The Morgan fingerprint density at radius 2 is 1.87 bits per heavy atom. The molecule has 162 valence electrons. The lowest BCUT2D eigenvalue weighted by molar-refractivity contribution is -0.385. The fourth-order valence-corrected chi connectivity index (χ4v) is 4.39. The molecule has 2 aromatic carbocycles. The van der Waals surface area contributed by atoms with Crippen molar-refractivity contribution in [3.8, 4) is 5.75 Å². The molecule has 12 heteroatoms. The number of esters is 1. The highest BCUT2D eigenvalue weighted by Gasteiger charge is 2.37. The molecule has 0 heterocycles. The molecule has 0 saturated carbocycles. The second-order valence-corrected chi connectivity index (χ2v) is 8.30. The maximum Gasteiger partial charge on any atom is 0.326 e. The first-order valence-corrected chi connectivity index (χ1v) is 10.2. The molecule has 0 aromatic heterocycles. The Balaban J connectivity index is 2.60. The molecular formula is C18H19ClN2O8S. The third-order valence-electron chi connectivity index (χ3n) is 4.23. The highest BCUT2D eigenvalue weighted by atomic mass is 35.5. The van der Waals surface area contributed by atoms with E-state index in [0.717, 1.165) is 13.2 Å². The van der Waals surface area contributed by atoms with E-state index in [0.29, 0.717) is 10.1 Å². The Labute approximate surface area is 177 Å². The summed E-state index contributed by atoms with van der Waals surface area (Å²) < 4.78 is 36.8. The number of sulfonamides is 1. The summed E-state index contributed by atoms with van der Waals surface area (Å²) in [7, 11) is -1.94. The number of nitrogens with zero attached hydrogens (tertiary/aromatic N) is 2. The number of carbonyl (C=O) groups excluding carboxylic acids is 1. The summed E-state index contributed by atoms with van der Waals surface area (Å²) in [6.07, 6.45) is 0. The summed E-state index contributed by atoms with van der Waals surface area (Å²) in [4.78, 5) is 22.6. The molecule has 30 heavy (non-hydrogen) atoms. The molecule has 10 nitrogen and oxygen atoms in total. The average Bonchev–Trinajstić information content (AvgIpc) is 2.74. The van der Waals surface area contributed by atoms with Crippen LogP contribution in [0.4, 0.5) is 5.69 Å². The van der Waals surface area contributed by atoms with Crippen LogP contribution in [-0.2, 0) is 26.1 Å². The van der Waals surface area contributed by atoms with Crippen molar-refractivity contribution in [2.24, 2.45) is 0 Å². The van der Waals surface area contributed by atoms with Gasteiger partial charge in [-0.3, -0.25) is 14.9 Å². The molecule has 0 bridgehead atoms. The van der Waals surface area contributed by atoms with Crippen molar-refractivity contribution in [2.45, 2.75) is 17.5 Å². The fourth-order valence-electron chi connectivity index (χ4n) is 2.67. The van der Waals surface area contributed by atoms with Crippen LogP contribution in [0.25, 0.3) is 0 Å². The first kappa shape index (κ1) is 23.5. The van der Waals surface area contributed by atoms with Gasteiger partial charge in [0.25, 0.3) is 5.69 Å². The molecule has 2 aromatic rings. The van der Waals surface area contributed by atoms with Gasteiger partial charge in [-0.15, -0.1) is 0 Å². The number of hydrogen-bond donors (Lipinski definition) is 1. The Morgan fingerprint density at radius 1 is 1.23 bits per heavy atom. The lowest BCUT2D eigenvalue weighted by Gasteiger charge is -2.28. The number of ether oxygens (including phenoxy) is 2. The summed E-state index contributed by atoms with van der Waals surface area (Å²) in [6.45, 7) is -1.48. The number of aliphatic hydroxyl groups excluding tert-OH is 1. The first-order valence-electron chi connectivity index (χ1n) is 8.43. The number of benzene rings is 2. The fraction of sp³-hybridized carbons (Fsp3) is 0.278. The molecule has 0 saturated heterocycles. The third-order valence-corrected chi connectivity index (χ3v) is 6.33. The summed E-state index contributed by atoms with van der Waals surface area (Å²) in [5.74, 6) is -0.619. The van der Waals surface area contributed by atoms with Crippen LogP contribution in [0.2, 0.25) is 5.02 Å². The van der Waals surface area contributed by atoms with Crippen molar-refractivity contribution in [3.05, 3.63) is 63.2 Å². The molecule has 0 radical (unpaired) electrons. The average molecular weight is 459 g/mol. The van der Waals surface area contributed by atoms with E-state index in [-0.39, 0.29) is 15.5 Å². The minimum atomic E-state index is -4.38. The van der Waals surface area contributed by atoms with Crippen LogP contribution >= 0.6 is 11.6 Å². The predicted molar refractivity (Wildman–Crippen MR) is 107 cm³/mol. The predicted octanol–water partition coefficient (Wildman–Crippen LogP) is 1.98. The van der Waals surface area contributed by atoms with Gasteiger partial charge in [0.1, 0.15) is 11.8 Å². The van der Waals surface area contributed by atoms with E-state index >= 15 is 0 Å². The number of rotatable bonds is 9. The summed E-state index contributed by atoms with van der Waals surface area (Å²) in [6, 6.07) is 7.39. The van der Waals surface area contributed by atoms with E-state index in [1.54, 1.807) is 0 Å². The summed E-state index contributed by atoms with van der Waals surface area (Å²) >= 11 is 5.81. The van der Waals surface area contributed by atoms with Gasteiger partial charge in [0.15, 0.2) is 0 Å². The zero-order valence-electron chi connectivity index (χ0n) is 16.0. The van der Waals surface area contributed by atoms with E-state index in [2.05, 4.69) is 4.74 Å². The minimum Gasteiger partial charge on any atom is -0.497 e. The maximum absolute atomic E-state index is 13.3. The van der Waals surface area contributed by atoms with Crippen LogP contribution in [0.5, 0.6) is 5.75 Å². The zero-order valence-corrected chi connectivity index (χ0v) is 17.6. The van der Waals surface area contributed by atoms with Gasteiger partial charge in [-0.2, -0.15) is 4.31 Å². The van der Waals surface area contributed by atoms with Crippen LogP contribution in [-0.4, -0.2) is 55.6 Å². The molecular weight excluding hydrogens is 440 g/mol. The van der Waals surface area contributed by atoms with E-state index in [9.17, 15) is 28.4 Å². The van der Waals surface area contributed by atoms with Crippen molar-refractivity contribution < 1.29 is 32.7 Å². The van der Waals surface area contributed by atoms with Crippen LogP contribution < -0.4 is 4.74 Å². The molecule has 2 rings (SSSR count). The zero-order chi connectivity index (χ0) is 22.5. The molecule has 0 aliphatic carbocycles. The van der Waals surface area contributed by atoms with Gasteiger partial charge in [-0.25, -0.2) is 8.42 Å². The van der Waals surface area contributed by atoms with Gasteiger partial charge in [0.2, 0.25) is 10.0 Å². The van der Waals surface area contributed by atoms with Gasteiger partial charge in [0.05, 0.1) is 30.6 Å². The van der Waals surface area contributed by atoms with Crippen molar-refractivity contribution in [2.75, 3.05) is 20.8 Å². The van der Waals surface area contributed by atoms with Gasteiger partial charge < -0.3 is 14.6 Å². The van der Waals surface area contributed by atoms with Crippen molar-refractivity contribution in [1.82, 2.24) is 4.31 Å². The molecule has 1 unspecified atom stereocenters. The van der Waals surface area contributed by atoms with Gasteiger partial charge >= 0.3 is 5.97 Å². The standard InChI is InChI=1S/C18H19ClN2O8S/c1-28-14-5-7-15(8-6-14)30(26,27)20(17(11-22)18(23)29-2)10-12-3-4-13(19)9-16(12)21(24)25/h3-9,17,22H,10-11H2,1-2H3. The number of nitro groups is 1. The van der Waals surface area contributed by atoms with Crippen molar-refractivity contribution in [3.63, 3.8) is 0 Å². The number of methoxy groups -OCH3 is 2. The van der Waals surface area contributed by atoms with Crippen LogP contribution in [0.1, 0.15) is 5.56 Å². The molecule has 0 fully saturated rings. The molecule has 0 aliphatic heterocycles. The number of hydrogen-bond acceptors (Lipinski definition) is 8. The summed E-state index contributed by atoms with van der Waals surface area (Å²) in [5.41, 5.74) is -0.456. The monoisotopic (exact) mass is 458 g/mol. The van der Waals surface area contributed by atoms with E-state index in [1.165, 1.54) is 43.5 Å². The highest BCUT2D eigenvalue weighted by molar-refractivity contribution is 7.89. The maximum atomic E-state index is 13.3. The first-order chi connectivity index (χ1) is 14.1. The van der Waals surface area contributed by atoms with E-state index in [4.69, 9.17) is 16.3 Å². The molecule has 1 N–H and O–H groups in total. The number of halogens is 1. The van der Waals surface area contributed by atoms with Gasteiger partial charge in [-0.05, 0) is 36.4 Å². The SMILES string of the molecule is COC(=O)C(CO)N(Cc1ccc(Cl)cc1[N+](=O)[O-])S(=O)(=O)c1ccc(OC)cc1. The smallest absolute Gasteiger partial charge is 0.326 e.